The summed E-state index contributed by atoms with van der Waals surface area (Å²) in [4.78, 5) is 23.5. The summed E-state index contributed by atoms with van der Waals surface area (Å²) in [6.45, 7) is 6.21. The van der Waals surface area contributed by atoms with Crippen molar-refractivity contribution in [1.29, 1.82) is 0 Å². The fourth-order valence-corrected chi connectivity index (χ4v) is 4.89. The number of hydrogen-bond acceptors (Lipinski definition) is 4. The summed E-state index contributed by atoms with van der Waals surface area (Å²) < 4.78 is 27.4. The van der Waals surface area contributed by atoms with Crippen LogP contribution in [0.5, 0.6) is 0 Å². The second-order valence-electron chi connectivity index (χ2n) is 7.68. The Morgan fingerprint density at radius 2 is 1.81 bits per heavy atom. The maximum Gasteiger partial charge on any atom is 0.303 e. The topological polar surface area (TPSA) is 104 Å². The fourth-order valence-electron chi connectivity index (χ4n) is 3.13. The van der Waals surface area contributed by atoms with Crippen LogP contribution in [0.4, 0.5) is 0 Å². The van der Waals surface area contributed by atoms with Gasteiger partial charge in [0.25, 0.3) is 5.91 Å². The number of carbonyl (C=O) groups is 2. The molecule has 0 unspecified atom stereocenters. The summed E-state index contributed by atoms with van der Waals surface area (Å²) in [5.41, 5.74) is 0.133. The van der Waals surface area contributed by atoms with Crippen LogP contribution in [0.25, 0.3) is 0 Å². The molecule has 1 aliphatic rings. The number of piperidine rings is 1. The van der Waals surface area contributed by atoms with Gasteiger partial charge in [-0.15, -0.1) is 0 Å². The van der Waals surface area contributed by atoms with Gasteiger partial charge in [0.1, 0.15) is 0 Å². The largest absolute Gasteiger partial charge is 0.481 e. The number of carboxylic acids is 1. The molecule has 0 aliphatic carbocycles. The standard InChI is InChI=1S/C19H28N2O5S/c1-14-7-8-15(18(24)20-19(2,3)10-9-17(22)23)13-16(14)27(25,26)21-11-5-4-6-12-21/h7-8,13H,4-6,9-12H2,1-3H3,(H,20,24)(H,22,23). The number of carbonyl (C=O) groups excluding carboxylic acids is 1. The van der Waals surface area contributed by atoms with E-state index < -0.39 is 27.4 Å². The number of hydrogen-bond donors (Lipinski definition) is 2. The zero-order valence-corrected chi connectivity index (χ0v) is 16.9. The molecular formula is C19H28N2O5S. The zero-order valence-electron chi connectivity index (χ0n) is 16.1. The molecule has 0 saturated carbocycles. The lowest BCUT2D eigenvalue weighted by Gasteiger charge is -2.27. The summed E-state index contributed by atoms with van der Waals surface area (Å²) in [7, 11) is -3.64. The highest BCUT2D eigenvalue weighted by atomic mass is 32.2. The third-order valence-electron chi connectivity index (χ3n) is 4.80. The van der Waals surface area contributed by atoms with Crippen molar-refractivity contribution in [3.63, 3.8) is 0 Å². The molecule has 2 N–H and O–H groups in total. The van der Waals surface area contributed by atoms with Crippen molar-refractivity contribution in [2.75, 3.05) is 13.1 Å². The summed E-state index contributed by atoms with van der Waals surface area (Å²) >= 11 is 0. The minimum Gasteiger partial charge on any atom is -0.481 e. The smallest absolute Gasteiger partial charge is 0.303 e. The molecule has 0 atom stereocenters. The highest BCUT2D eigenvalue weighted by Gasteiger charge is 2.29. The average molecular weight is 397 g/mol. The van der Waals surface area contributed by atoms with Crippen molar-refractivity contribution < 1.29 is 23.1 Å². The molecule has 150 valence electrons. The monoisotopic (exact) mass is 396 g/mol. The van der Waals surface area contributed by atoms with Crippen LogP contribution in [0.15, 0.2) is 23.1 Å². The van der Waals surface area contributed by atoms with Gasteiger partial charge >= 0.3 is 5.97 Å². The highest BCUT2D eigenvalue weighted by molar-refractivity contribution is 7.89. The summed E-state index contributed by atoms with van der Waals surface area (Å²) in [6.07, 6.45) is 2.93. The van der Waals surface area contributed by atoms with Gasteiger partial charge in [-0.25, -0.2) is 8.42 Å². The Balaban J connectivity index is 2.23. The van der Waals surface area contributed by atoms with Gasteiger partial charge in [0, 0.05) is 30.6 Å². The van der Waals surface area contributed by atoms with E-state index in [1.165, 1.54) is 10.4 Å². The molecule has 0 spiro atoms. The number of aryl methyl sites for hydroxylation is 1. The third-order valence-corrected chi connectivity index (χ3v) is 6.84. The Morgan fingerprint density at radius 1 is 1.19 bits per heavy atom. The lowest BCUT2D eigenvalue weighted by atomic mass is 9.97. The van der Waals surface area contributed by atoms with E-state index in [4.69, 9.17) is 5.11 Å². The molecule has 0 bridgehead atoms. The van der Waals surface area contributed by atoms with E-state index in [-0.39, 0.29) is 23.3 Å². The predicted molar refractivity (Wildman–Crippen MR) is 102 cm³/mol. The van der Waals surface area contributed by atoms with E-state index >= 15 is 0 Å². The van der Waals surface area contributed by atoms with E-state index in [9.17, 15) is 18.0 Å². The molecule has 1 aromatic carbocycles. The molecule has 1 fully saturated rings. The number of nitrogens with zero attached hydrogens (tertiary/aromatic N) is 1. The van der Waals surface area contributed by atoms with Crippen LogP contribution in [0.3, 0.4) is 0 Å². The Hall–Kier alpha value is -1.93. The van der Waals surface area contributed by atoms with Crippen molar-refractivity contribution in [2.45, 2.75) is 63.3 Å². The van der Waals surface area contributed by atoms with Gasteiger partial charge in [0.2, 0.25) is 10.0 Å². The Labute approximate surface area is 160 Å². The van der Waals surface area contributed by atoms with Gasteiger partial charge in [-0.1, -0.05) is 12.5 Å². The Morgan fingerprint density at radius 3 is 2.41 bits per heavy atom. The average Bonchev–Trinajstić information content (AvgIpc) is 2.60. The molecule has 7 nitrogen and oxygen atoms in total. The molecule has 0 radical (unpaired) electrons. The van der Waals surface area contributed by atoms with Crippen molar-refractivity contribution in [2.24, 2.45) is 0 Å². The SMILES string of the molecule is Cc1ccc(C(=O)NC(C)(C)CCC(=O)O)cc1S(=O)(=O)N1CCCCC1. The number of rotatable bonds is 7. The van der Waals surface area contributed by atoms with E-state index in [0.29, 0.717) is 18.7 Å². The number of aliphatic carboxylic acids is 1. The lowest BCUT2D eigenvalue weighted by molar-refractivity contribution is -0.137. The van der Waals surface area contributed by atoms with Crippen LogP contribution in [-0.2, 0) is 14.8 Å². The first-order valence-electron chi connectivity index (χ1n) is 9.18. The number of benzene rings is 1. The number of amides is 1. The quantitative estimate of drug-likeness (QED) is 0.737. The molecule has 8 heteroatoms. The molecule has 1 saturated heterocycles. The lowest BCUT2D eigenvalue weighted by Crippen LogP contribution is -2.43. The molecule has 1 heterocycles. The van der Waals surface area contributed by atoms with Crippen molar-refractivity contribution in [1.82, 2.24) is 9.62 Å². The second-order valence-corrected chi connectivity index (χ2v) is 9.58. The third kappa shape index (κ3) is 5.52. The van der Waals surface area contributed by atoms with Crippen molar-refractivity contribution >= 4 is 21.9 Å². The van der Waals surface area contributed by atoms with Crippen LogP contribution in [0.1, 0.15) is 61.9 Å². The summed E-state index contributed by atoms with van der Waals surface area (Å²) in [5.74, 6) is -1.34. The first-order valence-corrected chi connectivity index (χ1v) is 10.6. The molecule has 1 aromatic rings. The van der Waals surface area contributed by atoms with Crippen LogP contribution in [0, 0.1) is 6.92 Å². The van der Waals surface area contributed by atoms with E-state index in [2.05, 4.69) is 5.32 Å². The number of carboxylic acid groups (broad SMARTS) is 1. The zero-order chi connectivity index (χ0) is 20.2. The van der Waals surface area contributed by atoms with Gasteiger partial charge in [-0.2, -0.15) is 4.31 Å². The first kappa shape index (κ1) is 21.4. The van der Waals surface area contributed by atoms with Gasteiger partial charge in [0.15, 0.2) is 0 Å². The fraction of sp³-hybridized carbons (Fsp3) is 0.579. The van der Waals surface area contributed by atoms with Crippen LogP contribution >= 0.6 is 0 Å². The van der Waals surface area contributed by atoms with E-state index in [1.54, 1.807) is 32.9 Å². The molecule has 1 aliphatic heterocycles. The van der Waals surface area contributed by atoms with Crippen molar-refractivity contribution in [3.8, 4) is 0 Å². The van der Waals surface area contributed by atoms with E-state index in [1.807, 2.05) is 0 Å². The Bertz CT molecular complexity index is 811. The Kier molecular flexibility index (Phi) is 6.64. The van der Waals surface area contributed by atoms with Gasteiger partial charge in [-0.3, -0.25) is 9.59 Å². The number of sulfonamides is 1. The second kappa shape index (κ2) is 8.39. The predicted octanol–water partition coefficient (Wildman–Crippen LogP) is 2.54. The molecule has 2 rings (SSSR count). The van der Waals surface area contributed by atoms with Crippen LogP contribution < -0.4 is 5.32 Å². The highest BCUT2D eigenvalue weighted by Crippen LogP contribution is 2.25. The molecule has 0 aromatic heterocycles. The normalized spacial score (nSPS) is 16.1. The van der Waals surface area contributed by atoms with Crippen molar-refractivity contribution in [3.05, 3.63) is 29.3 Å². The van der Waals surface area contributed by atoms with Gasteiger partial charge in [0.05, 0.1) is 4.90 Å². The van der Waals surface area contributed by atoms with Gasteiger partial charge in [-0.05, 0) is 57.7 Å². The number of nitrogens with one attached hydrogen (secondary N) is 1. The van der Waals surface area contributed by atoms with Crippen LogP contribution in [0.2, 0.25) is 0 Å². The molecule has 27 heavy (non-hydrogen) atoms. The van der Waals surface area contributed by atoms with E-state index in [0.717, 1.165) is 19.3 Å². The summed E-state index contributed by atoms with van der Waals surface area (Å²) in [5, 5.41) is 11.6. The molecular weight excluding hydrogens is 368 g/mol. The molecule has 1 amide bonds. The maximum atomic E-state index is 13.0. The first-order chi connectivity index (χ1) is 12.5. The van der Waals surface area contributed by atoms with Gasteiger partial charge < -0.3 is 10.4 Å². The minimum atomic E-state index is -3.64. The van der Waals surface area contributed by atoms with Crippen LogP contribution in [-0.4, -0.2) is 48.3 Å². The summed E-state index contributed by atoms with van der Waals surface area (Å²) in [6, 6.07) is 4.64. The minimum absolute atomic E-state index is 0.0598. The maximum absolute atomic E-state index is 13.0.